The number of likely N-dealkylation sites (tertiary alicyclic amines) is 1. The van der Waals surface area contributed by atoms with E-state index in [1.54, 1.807) is 25.7 Å². The molecule has 1 saturated heterocycles. The summed E-state index contributed by atoms with van der Waals surface area (Å²) in [5, 5.41) is 15.8. The van der Waals surface area contributed by atoms with Gasteiger partial charge in [0.05, 0.1) is 12.6 Å². The van der Waals surface area contributed by atoms with Crippen molar-refractivity contribution >= 4 is 17.9 Å². The van der Waals surface area contributed by atoms with E-state index in [1.807, 2.05) is 50.4 Å². The number of nitrogens with zero attached hydrogens (tertiary/aromatic N) is 2. The molecule has 9 nitrogen and oxygen atoms in total. The minimum atomic E-state index is -0.823. The predicted molar refractivity (Wildman–Crippen MR) is 161 cm³/mol. The van der Waals surface area contributed by atoms with Gasteiger partial charge in [-0.3, -0.25) is 14.6 Å². The molecule has 1 aliphatic carbocycles. The van der Waals surface area contributed by atoms with Crippen LogP contribution in [-0.4, -0.2) is 63.7 Å². The van der Waals surface area contributed by atoms with E-state index in [2.05, 4.69) is 21.7 Å². The fourth-order valence-corrected chi connectivity index (χ4v) is 5.47. The third kappa shape index (κ3) is 8.31. The van der Waals surface area contributed by atoms with Crippen molar-refractivity contribution in [2.24, 2.45) is 11.8 Å². The van der Waals surface area contributed by atoms with Crippen molar-refractivity contribution in [2.45, 2.75) is 96.9 Å². The van der Waals surface area contributed by atoms with Gasteiger partial charge in [-0.1, -0.05) is 57.0 Å². The Morgan fingerprint density at radius 2 is 1.79 bits per heavy atom. The summed E-state index contributed by atoms with van der Waals surface area (Å²) in [7, 11) is 0. The fourth-order valence-electron chi connectivity index (χ4n) is 5.47. The van der Waals surface area contributed by atoms with E-state index in [1.165, 1.54) is 12.8 Å². The first-order chi connectivity index (χ1) is 20.0. The standard InChI is InChI=1S/C33H46N4O5/c1-21(2)29(36-32(41)42-33(3,4)5)31(40)37-19-7-9-28(37)30(39)35-27(20-38)24-15-13-23(14-16-24)25-8-6-18-34-26(25)17-12-22-10-11-22/h6,8,13-16,18,21-22,27-29,38H,7,9-12,17,19-20H2,1-5H3,(H,35,39)(H,36,41)/t27-,28-,29-/m0/s1. The first kappa shape index (κ1) is 31.5. The Labute approximate surface area is 249 Å². The SMILES string of the molecule is CC(C)[C@H](NC(=O)OC(C)(C)C)C(=O)N1CCC[C@H]1C(=O)N[C@@H](CO)c1ccc(-c2cccnc2CCC2CC2)cc1. The Bertz CT molecular complexity index is 1240. The number of benzene rings is 1. The number of pyridine rings is 1. The molecule has 0 unspecified atom stereocenters. The lowest BCUT2D eigenvalue weighted by Crippen LogP contribution is -2.56. The molecule has 2 heterocycles. The lowest BCUT2D eigenvalue weighted by atomic mass is 9.97. The third-order valence-electron chi connectivity index (χ3n) is 7.94. The van der Waals surface area contributed by atoms with Gasteiger partial charge in [0.1, 0.15) is 17.7 Å². The van der Waals surface area contributed by atoms with Crippen LogP contribution >= 0.6 is 0 Å². The summed E-state index contributed by atoms with van der Waals surface area (Å²) >= 11 is 0. The van der Waals surface area contributed by atoms with E-state index in [4.69, 9.17) is 4.74 Å². The fraction of sp³-hybridized carbons (Fsp3) is 0.576. The minimum absolute atomic E-state index is 0.202. The van der Waals surface area contributed by atoms with Crippen LogP contribution in [0.15, 0.2) is 42.6 Å². The first-order valence-corrected chi connectivity index (χ1v) is 15.2. The molecule has 1 aromatic carbocycles. The molecule has 4 rings (SSSR count). The summed E-state index contributed by atoms with van der Waals surface area (Å²) in [5.41, 5.74) is 3.33. The second-order valence-electron chi connectivity index (χ2n) is 12.9. The maximum Gasteiger partial charge on any atom is 0.408 e. The number of amides is 3. The van der Waals surface area contributed by atoms with Crippen LogP contribution in [0, 0.1) is 11.8 Å². The van der Waals surface area contributed by atoms with Gasteiger partial charge in [0.25, 0.3) is 0 Å². The molecule has 0 spiro atoms. The highest BCUT2D eigenvalue weighted by Gasteiger charge is 2.39. The average Bonchev–Trinajstić information content (AvgIpc) is 3.65. The molecule has 0 bridgehead atoms. The molecule has 2 fully saturated rings. The molecule has 2 aliphatic rings. The summed E-state index contributed by atoms with van der Waals surface area (Å²) in [4.78, 5) is 45.6. The summed E-state index contributed by atoms with van der Waals surface area (Å²) < 4.78 is 5.36. The number of rotatable bonds is 11. The van der Waals surface area contributed by atoms with Gasteiger partial charge in [0.15, 0.2) is 0 Å². The van der Waals surface area contributed by atoms with Crippen LogP contribution in [0.4, 0.5) is 4.79 Å². The molecule has 9 heteroatoms. The molecule has 1 aromatic heterocycles. The van der Waals surface area contributed by atoms with E-state index in [-0.39, 0.29) is 24.3 Å². The quantitative estimate of drug-likeness (QED) is 0.353. The normalized spacial score (nSPS) is 18.5. The Hall–Kier alpha value is -3.46. The van der Waals surface area contributed by atoms with Crippen LogP contribution in [0.1, 0.15) is 84.0 Å². The zero-order valence-electron chi connectivity index (χ0n) is 25.6. The molecular weight excluding hydrogens is 532 g/mol. The number of aromatic nitrogens is 1. The number of hydrogen-bond acceptors (Lipinski definition) is 6. The van der Waals surface area contributed by atoms with Crippen LogP contribution in [0.2, 0.25) is 0 Å². The van der Waals surface area contributed by atoms with Crippen molar-refractivity contribution in [3.63, 3.8) is 0 Å². The number of ether oxygens (including phenoxy) is 1. The van der Waals surface area contributed by atoms with Gasteiger partial charge >= 0.3 is 6.09 Å². The molecule has 3 atom stereocenters. The minimum Gasteiger partial charge on any atom is -0.444 e. The van der Waals surface area contributed by atoms with Crippen molar-refractivity contribution in [3.8, 4) is 11.1 Å². The highest BCUT2D eigenvalue weighted by Crippen LogP contribution is 2.35. The number of carbonyl (C=O) groups excluding carboxylic acids is 3. The lowest BCUT2D eigenvalue weighted by Gasteiger charge is -2.31. The van der Waals surface area contributed by atoms with Crippen molar-refractivity contribution in [2.75, 3.05) is 13.2 Å². The van der Waals surface area contributed by atoms with Crippen LogP contribution in [0.3, 0.4) is 0 Å². The average molecular weight is 579 g/mol. The van der Waals surface area contributed by atoms with Gasteiger partial charge in [-0.2, -0.15) is 0 Å². The van der Waals surface area contributed by atoms with Gasteiger partial charge in [0.2, 0.25) is 11.8 Å². The largest absolute Gasteiger partial charge is 0.444 e. The van der Waals surface area contributed by atoms with Crippen molar-refractivity contribution in [1.82, 2.24) is 20.5 Å². The molecular formula is C33H46N4O5. The monoisotopic (exact) mass is 578 g/mol. The number of aliphatic hydroxyl groups is 1. The zero-order chi connectivity index (χ0) is 30.4. The van der Waals surface area contributed by atoms with E-state index in [0.717, 1.165) is 41.1 Å². The van der Waals surface area contributed by atoms with Crippen molar-refractivity contribution in [3.05, 3.63) is 53.9 Å². The van der Waals surface area contributed by atoms with E-state index in [9.17, 15) is 19.5 Å². The summed E-state index contributed by atoms with van der Waals surface area (Å²) in [6, 6.07) is 9.76. The zero-order valence-corrected chi connectivity index (χ0v) is 25.6. The second-order valence-corrected chi connectivity index (χ2v) is 12.9. The summed E-state index contributed by atoms with van der Waals surface area (Å²) in [6.07, 6.45) is 7.11. The van der Waals surface area contributed by atoms with Crippen LogP contribution in [-0.2, 0) is 20.7 Å². The molecule has 3 N–H and O–H groups in total. The molecule has 2 aromatic rings. The van der Waals surface area contributed by atoms with Gasteiger partial charge < -0.3 is 25.4 Å². The van der Waals surface area contributed by atoms with Gasteiger partial charge in [0, 0.05) is 24.0 Å². The Balaban J connectivity index is 1.42. The molecule has 1 saturated carbocycles. The number of alkyl carbamates (subject to hydrolysis) is 1. The lowest BCUT2D eigenvalue weighted by molar-refractivity contribution is -0.141. The van der Waals surface area contributed by atoms with Crippen molar-refractivity contribution < 1.29 is 24.2 Å². The van der Waals surface area contributed by atoms with E-state index < -0.39 is 29.8 Å². The number of carbonyl (C=O) groups is 3. The van der Waals surface area contributed by atoms with E-state index >= 15 is 0 Å². The van der Waals surface area contributed by atoms with Crippen LogP contribution in [0.5, 0.6) is 0 Å². The third-order valence-corrected chi connectivity index (χ3v) is 7.94. The molecule has 1 aliphatic heterocycles. The maximum atomic E-state index is 13.5. The maximum absolute atomic E-state index is 13.5. The van der Waals surface area contributed by atoms with Crippen LogP contribution < -0.4 is 10.6 Å². The Kier molecular flexibility index (Phi) is 10.2. The number of aliphatic hydroxyl groups excluding tert-OH is 1. The van der Waals surface area contributed by atoms with Crippen molar-refractivity contribution in [1.29, 1.82) is 0 Å². The Morgan fingerprint density at radius 3 is 2.40 bits per heavy atom. The molecule has 0 radical (unpaired) electrons. The van der Waals surface area contributed by atoms with Gasteiger partial charge in [-0.25, -0.2) is 4.79 Å². The second kappa shape index (κ2) is 13.7. The number of nitrogens with one attached hydrogen (secondary N) is 2. The molecule has 3 amide bonds. The van der Waals surface area contributed by atoms with Gasteiger partial charge in [-0.15, -0.1) is 0 Å². The molecule has 42 heavy (non-hydrogen) atoms. The Morgan fingerprint density at radius 1 is 1.07 bits per heavy atom. The summed E-state index contributed by atoms with van der Waals surface area (Å²) in [6.45, 7) is 9.11. The smallest absolute Gasteiger partial charge is 0.408 e. The highest BCUT2D eigenvalue weighted by molar-refractivity contribution is 5.92. The predicted octanol–water partition coefficient (Wildman–Crippen LogP) is 4.78. The van der Waals surface area contributed by atoms with Crippen LogP contribution in [0.25, 0.3) is 11.1 Å². The first-order valence-electron chi connectivity index (χ1n) is 15.2. The highest BCUT2D eigenvalue weighted by atomic mass is 16.6. The topological polar surface area (TPSA) is 121 Å². The molecule has 228 valence electrons. The van der Waals surface area contributed by atoms with E-state index in [0.29, 0.717) is 19.4 Å². The van der Waals surface area contributed by atoms with Gasteiger partial charge in [-0.05, 0) is 75.5 Å². The number of aryl methyl sites for hydroxylation is 1. The summed E-state index contributed by atoms with van der Waals surface area (Å²) in [5.74, 6) is -0.00227. The number of hydrogen-bond donors (Lipinski definition) is 3.